The molecule has 0 atom stereocenters. The summed E-state index contributed by atoms with van der Waals surface area (Å²) in [6.07, 6.45) is 0.949. The van der Waals surface area contributed by atoms with Gasteiger partial charge >= 0.3 is 6.18 Å². The number of benzene rings is 1. The largest absolute Gasteiger partial charge is 0.434 e. The van der Waals surface area contributed by atoms with Crippen molar-refractivity contribution in [2.45, 2.75) is 19.5 Å². The van der Waals surface area contributed by atoms with Crippen LogP contribution < -0.4 is 10.6 Å². The Morgan fingerprint density at radius 3 is 2.48 bits per heavy atom. The molecule has 0 aliphatic carbocycles. The quantitative estimate of drug-likeness (QED) is 0.756. The maximum atomic E-state index is 13.5. The fourth-order valence-electron chi connectivity index (χ4n) is 2.29. The highest BCUT2D eigenvalue weighted by atomic mass is 19.4. The van der Waals surface area contributed by atoms with Crippen molar-refractivity contribution < 1.29 is 22.8 Å². The summed E-state index contributed by atoms with van der Waals surface area (Å²) in [6.45, 7) is 1.70. The molecule has 2 rings (SSSR count). The van der Waals surface area contributed by atoms with E-state index in [-0.39, 0.29) is 25.2 Å². The molecule has 1 aromatic heterocycles. The zero-order chi connectivity index (χ0) is 20.0. The second-order valence-corrected chi connectivity index (χ2v) is 5.64. The minimum atomic E-state index is -4.79. The second-order valence-electron chi connectivity index (χ2n) is 5.64. The van der Waals surface area contributed by atoms with Crippen LogP contribution in [0, 0.1) is 19.3 Å². The fourth-order valence-corrected chi connectivity index (χ4v) is 2.29. The molecule has 9 heteroatoms. The molecule has 0 fully saturated rings. The van der Waals surface area contributed by atoms with Gasteiger partial charge in [-0.3, -0.25) is 9.59 Å². The summed E-state index contributed by atoms with van der Waals surface area (Å²) >= 11 is 0. The van der Waals surface area contributed by atoms with Crippen LogP contribution in [0.1, 0.15) is 28.0 Å². The lowest BCUT2D eigenvalue weighted by molar-refractivity contribution is -0.143. The summed E-state index contributed by atoms with van der Waals surface area (Å²) in [5.74, 6) is 0.830. The molecule has 142 valence electrons. The van der Waals surface area contributed by atoms with Gasteiger partial charge in [0, 0.05) is 13.0 Å². The molecule has 0 unspecified atom stereocenters. The van der Waals surface area contributed by atoms with E-state index in [4.69, 9.17) is 6.42 Å². The van der Waals surface area contributed by atoms with Crippen molar-refractivity contribution in [3.8, 4) is 18.0 Å². The number of halogens is 3. The van der Waals surface area contributed by atoms with Crippen molar-refractivity contribution in [1.82, 2.24) is 20.4 Å². The van der Waals surface area contributed by atoms with Gasteiger partial charge in [0.15, 0.2) is 5.69 Å². The van der Waals surface area contributed by atoms with E-state index < -0.39 is 29.2 Å². The standard InChI is InChI=1S/C18H17F3N4O2/c1-3-9-22-15(26)8-10-23-17(27)14-11-24-25(16(14)18(19,20)21)13-6-4-12(2)5-7-13/h1,4-7,11H,8-10H2,2H3,(H,22,26)(H,23,27). The van der Waals surface area contributed by atoms with Crippen LogP contribution in [0.15, 0.2) is 30.5 Å². The average molecular weight is 378 g/mol. The van der Waals surface area contributed by atoms with Crippen molar-refractivity contribution in [2.75, 3.05) is 13.1 Å². The van der Waals surface area contributed by atoms with Crippen LogP contribution in [0.3, 0.4) is 0 Å². The van der Waals surface area contributed by atoms with Crippen molar-refractivity contribution in [3.05, 3.63) is 47.3 Å². The first kappa shape index (κ1) is 20.0. The third-order valence-corrected chi connectivity index (χ3v) is 3.59. The molecular weight excluding hydrogens is 361 g/mol. The molecule has 0 radical (unpaired) electrons. The fraction of sp³-hybridized carbons (Fsp3) is 0.278. The number of carbonyl (C=O) groups excluding carboxylic acids is 2. The zero-order valence-electron chi connectivity index (χ0n) is 14.4. The van der Waals surface area contributed by atoms with Crippen LogP contribution in [0.4, 0.5) is 13.2 Å². The van der Waals surface area contributed by atoms with Crippen LogP contribution in [0.5, 0.6) is 0 Å². The number of rotatable bonds is 6. The molecule has 0 spiro atoms. The highest BCUT2D eigenvalue weighted by molar-refractivity contribution is 5.95. The van der Waals surface area contributed by atoms with Gasteiger partial charge in [-0.1, -0.05) is 23.6 Å². The third-order valence-electron chi connectivity index (χ3n) is 3.59. The number of terminal acetylenes is 1. The van der Waals surface area contributed by atoms with Crippen molar-refractivity contribution in [1.29, 1.82) is 0 Å². The Bertz CT molecular complexity index is 864. The van der Waals surface area contributed by atoms with Crippen LogP contribution in [-0.2, 0) is 11.0 Å². The van der Waals surface area contributed by atoms with Crippen LogP contribution in [-0.4, -0.2) is 34.7 Å². The summed E-state index contributed by atoms with van der Waals surface area (Å²) in [7, 11) is 0. The van der Waals surface area contributed by atoms with Gasteiger partial charge in [0.1, 0.15) is 0 Å². The highest BCUT2D eigenvalue weighted by Crippen LogP contribution is 2.33. The number of amides is 2. The normalized spacial score (nSPS) is 10.9. The van der Waals surface area contributed by atoms with Crippen molar-refractivity contribution in [2.24, 2.45) is 0 Å². The van der Waals surface area contributed by atoms with E-state index in [2.05, 4.69) is 21.7 Å². The van der Waals surface area contributed by atoms with Gasteiger partial charge in [-0.2, -0.15) is 18.3 Å². The lowest BCUT2D eigenvalue weighted by Gasteiger charge is -2.13. The van der Waals surface area contributed by atoms with E-state index in [1.165, 1.54) is 12.1 Å². The number of alkyl halides is 3. The molecule has 0 saturated carbocycles. The molecule has 27 heavy (non-hydrogen) atoms. The monoisotopic (exact) mass is 378 g/mol. The summed E-state index contributed by atoms with van der Waals surface area (Å²) in [5.41, 5.74) is -0.742. The molecule has 2 N–H and O–H groups in total. The van der Waals surface area contributed by atoms with E-state index >= 15 is 0 Å². The molecule has 6 nitrogen and oxygen atoms in total. The predicted octanol–water partition coefficient (Wildman–Crippen LogP) is 2.07. The Kier molecular flexibility index (Phi) is 6.23. The Balaban J connectivity index is 2.19. The van der Waals surface area contributed by atoms with E-state index in [1.807, 2.05) is 0 Å². The average Bonchev–Trinajstić information content (AvgIpc) is 3.06. The van der Waals surface area contributed by atoms with E-state index in [0.29, 0.717) is 4.68 Å². The minimum Gasteiger partial charge on any atom is -0.351 e. The maximum Gasteiger partial charge on any atom is 0.434 e. The molecule has 0 bridgehead atoms. The molecule has 0 saturated heterocycles. The maximum absolute atomic E-state index is 13.5. The Morgan fingerprint density at radius 2 is 1.89 bits per heavy atom. The Labute approximate surface area is 153 Å². The summed E-state index contributed by atoms with van der Waals surface area (Å²) in [4.78, 5) is 23.6. The van der Waals surface area contributed by atoms with E-state index in [1.54, 1.807) is 19.1 Å². The number of aryl methyl sites for hydroxylation is 1. The summed E-state index contributed by atoms with van der Waals surface area (Å²) in [6, 6.07) is 6.25. The first-order valence-electron chi connectivity index (χ1n) is 7.94. The lowest BCUT2D eigenvalue weighted by atomic mass is 10.2. The second kappa shape index (κ2) is 8.40. The molecule has 0 aliphatic heterocycles. The topological polar surface area (TPSA) is 76.0 Å². The molecular formula is C18H17F3N4O2. The smallest absolute Gasteiger partial charge is 0.351 e. The number of aromatic nitrogens is 2. The predicted molar refractivity (Wildman–Crippen MR) is 92.1 cm³/mol. The van der Waals surface area contributed by atoms with Crippen molar-refractivity contribution in [3.63, 3.8) is 0 Å². The van der Waals surface area contributed by atoms with Gasteiger partial charge in [-0.15, -0.1) is 6.42 Å². The summed E-state index contributed by atoms with van der Waals surface area (Å²) < 4.78 is 41.3. The number of hydrogen-bond acceptors (Lipinski definition) is 3. The van der Waals surface area contributed by atoms with Gasteiger partial charge in [0.25, 0.3) is 5.91 Å². The van der Waals surface area contributed by atoms with Gasteiger partial charge in [-0.05, 0) is 19.1 Å². The molecule has 2 amide bonds. The Morgan fingerprint density at radius 1 is 1.22 bits per heavy atom. The number of carbonyl (C=O) groups is 2. The highest BCUT2D eigenvalue weighted by Gasteiger charge is 2.40. The molecule has 1 heterocycles. The van der Waals surface area contributed by atoms with Gasteiger partial charge in [0.2, 0.25) is 5.91 Å². The molecule has 2 aromatic rings. The van der Waals surface area contributed by atoms with Gasteiger partial charge in [-0.25, -0.2) is 4.68 Å². The van der Waals surface area contributed by atoms with Crippen LogP contribution in [0.25, 0.3) is 5.69 Å². The first-order valence-corrected chi connectivity index (χ1v) is 7.94. The van der Waals surface area contributed by atoms with Gasteiger partial charge in [0.05, 0.1) is 24.0 Å². The summed E-state index contributed by atoms with van der Waals surface area (Å²) in [5, 5.41) is 8.40. The van der Waals surface area contributed by atoms with Crippen molar-refractivity contribution >= 4 is 11.8 Å². The number of hydrogen-bond donors (Lipinski definition) is 2. The van der Waals surface area contributed by atoms with E-state index in [9.17, 15) is 22.8 Å². The van der Waals surface area contributed by atoms with Crippen LogP contribution in [0.2, 0.25) is 0 Å². The number of nitrogens with zero attached hydrogens (tertiary/aromatic N) is 2. The molecule has 0 aliphatic rings. The third kappa shape index (κ3) is 5.10. The minimum absolute atomic E-state index is 0.0360. The first-order chi connectivity index (χ1) is 12.7. The SMILES string of the molecule is C#CCNC(=O)CCNC(=O)c1cnn(-c2ccc(C)cc2)c1C(F)(F)F. The Hall–Kier alpha value is -3.28. The molecule has 1 aromatic carbocycles. The van der Waals surface area contributed by atoms with Crippen LogP contribution >= 0.6 is 0 Å². The zero-order valence-corrected chi connectivity index (χ0v) is 14.4. The number of nitrogens with one attached hydrogen (secondary N) is 2. The van der Waals surface area contributed by atoms with E-state index in [0.717, 1.165) is 11.8 Å². The lowest BCUT2D eigenvalue weighted by Crippen LogP contribution is -2.32. The van der Waals surface area contributed by atoms with Gasteiger partial charge < -0.3 is 10.6 Å².